The third-order valence-electron chi connectivity index (χ3n) is 7.03. The Morgan fingerprint density at radius 3 is 2.29 bits per heavy atom. The number of carboxylic acid groups (broad SMARTS) is 1. The van der Waals surface area contributed by atoms with Crippen molar-refractivity contribution in [1.29, 1.82) is 0 Å². The number of amides is 2. The highest BCUT2D eigenvalue weighted by atomic mass is 32.2. The fraction of sp³-hybridized carbons (Fsp3) is 0.387. The quantitative estimate of drug-likeness (QED) is 0.0753. The summed E-state index contributed by atoms with van der Waals surface area (Å²) < 4.78 is 18.9. The van der Waals surface area contributed by atoms with Gasteiger partial charge in [-0.15, -0.1) is 5.43 Å². The third-order valence-corrected chi connectivity index (χ3v) is 10.0. The van der Waals surface area contributed by atoms with E-state index >= 15 is 0 Å². The first-order valence-corrected chi connectivity index (χ1v) is 17.4. The molecule has 4 atom stereocenters. The first kappa shape index (κ1) is 36.0. The van der Waals surface area contributed by atoms with Crippen LogP contribution in [0.3, 0.4) is 0 Å². The van der Waals surface area contributed by atoms with Crippen LogP contribution in [0.5, 0.6) is 0 Å². The van der Waals surface area contributed by atoms with E-state index < -0.39 is 49.5 Å². The van der Waals surface area contributed by atoms with Crippen molar-refractivity contribution in [3.8, 4) is 0 Å². The van der Waals surface area contributed by atoms with Crippen molar-refractivity contribution >= 4 is 66.6 Å². The number of fused-ring (bicyclic) bond motifs is 1. The molecule has 0 saturated heterocycles. The number of esters is 1. The minimum atomic E-state index is -2.00. The molecule has 3 rings (SSSR count). The Morgan fingerprint density at radius 1 is 1.02 bits per heavy atom. The van der Waals surface area contributed by atoms with Crippen LogP contribution in [0.15, 0.2) is 65.7 Å². The summed E-state index contributed by atoms with van der Waals surface area (Å²) >= 11 is 2.55. The van der Waals surface area contributed by atoms with Gasteiger partial charge in [-0.1, -0.05) is 35.2 Å². The van der Waals surface area contributed by atoms with Gasteiger partial charge in [0.05, 0.1) is 18.4 Å². The van der Waals surface area contributed by atoms with Crippen molar-refractivity contribution in [1.82, 2.24) is 5.32 Å². The van der Waals surface area contributed by atoms with Crippen LogP contribution in [0.4, 0.5) is 0 Å². The molecule has 3 aromatic rings. The van der Waals surface area contributed by atoms with Crippen molar-refractivity contribution in [2.45, 2.75) is 43.1 Å². The van der Waals surface area contributed by atoms with Crippen LogP contribution in [0.25, 0.3) is 10.9 Å². The number of aromatic nitrogens is 1. The molecule has 0 spiro atoms. The predicted molar refractivity (Wildman–Crippen MR) is 176 cm³/mol. The number of para-hydroxylation sites is 1. The number of ether oxygens (including phenoxy) is 1. The van der Waals surface area contributed by atoms with Crippen LogP contribution in [-0.4, -0.2) is 70.2 Å². The van der Waals surface area contributed by atoms with E-state index in [1.807, 2.05) is 38.3 Å². The van der Waals surface area contributed by atoms with Crippen LogP contribution >= 0.6 is 32.0 Å². The van der Waals surface area contributed by atoms with E-state index in [0.717, 1.165) is 17.1 Å². The van der Waals surface area contributed by atoms with Crippen LogP contribution in [-0.2, 0) is 18.9 Å². The third kappa shape index (κ3) is 9.49. The highest BCUT2D eigenvalue weighted by molar-refractivity contribution is 7.99. The van der Waals surface area contributed by atoms with Gasteiger partial charge >= 0.3 is 26.3 Å². The molecule has 2 aromatic carbocycles. The number of pyridine rings is 1. The lowest BCUT2D eigenvalue weighted by atomic mass is 9.91. The molecule has 11 nitrogen and oxygen atoms in total. The second kappa shape index (κ2) is 16.7. The zero-order valence-corrected chi connectivity index (χ0v) is 28.1. The summed E-state index contributed by atoms with van der Waals surface area (Å²) in [6, 6.07) is 15.7. The maximum atomic E-state index is 13.4. The molecule has 45 heavy (non-hydrogen) atoms. The summed E-state index contributed by atoms with van der Waals surface area (Å²) in [6.07, 6.45) is 2.20. The van der Waals surface area contributed by atoms with Gasteiger partial charge in [-0.3, -0.25) is 9.59 Å². The Kier molecular flexibility index (Phi) is 13.3. The van der Waals surface area contributed by atoms with Gasteiger partial charge in [-0.25, -0.2) is 9.59 Å². The molecule has 0 saturated carbocycles. The van der Waals surface area contributed by atoms with Crippen LogP contribution in [0.1, 0.15) is 47.4 Å². The van der Waals surface area contributed by atoms with E-state index in [2.05, 4.69) is 10.7 Å². The Bertz CT molecular complexity index is 1540. The van der Waals surface area contributed by atoms with E-state index in [9.17, 15) is 34.0 Å². The average molecular weight is 676 g/mol. The molecule has 0 fully saturated rings. The molecule has 0 bridgehead atoms. The van der Waals surface area contributed by atoms with Gasteiger partial charge in [0.2, 0.25) is 11.4 Å². The Morgan fingerprint density at radius 2 is 1.69 bits per heavy atom. The fourth-order valence-electron chi connectivity index (χ4n) is 4.60. The highest BCUT2D eigenvalue weighted by Crippen LogP contribution is 2.38. The van der Waals surface area contributed by atoms with E-state index in [1.165, 1.54) is 43.1 Å². The van der Waals surface area contributed by atoms with E-state index in [4.69, 9.17) is 4.74 Å². The van der Waals surface area contributed by atoms with Crippen molar-refractivity contribution in [2.24, 2.45) is 11.8 Å². The lowest BCUT2D eigenvalue weighted by Gasteiger charge is -2.27. The number of benzene rings is 2. The SMILES string of the molecule is COC(=O)c1ccc(C(=O)N[n+]2c(SCC(O)([PH+]=O)C(CC(C)C)C(=O)N[C@@H](CCSC)C(=O)O)ccc3ccccc32)cc1. The van der Waals surface area contributed by atoms with Gasteiger partial charge < -0.3 is 20.3 Å². The van der Waals surface area contributed by atoms with Gasteiger partial charge in [-0.05, 0) is 78.9 Å². The number of carbonyl (C=O) groups is 4. The first-order valence-electron chi connectivity index (χ1n) is 14.1. The molecule has 4 N–H and O–H groups in total. The summed E-state index contributed by atoms with van der Waals surface area (Å²) in [5.41, 5.74) is 4.08. The highest BCUT2D eigenvalue weighted by Gasteiger charge is 2.50. The minimum absolute atomic E-state index is 0.0708. The molecule has 3 unspecified atom stereocenters. The second-order valence-corrected chi connectivity index (χ2v) is 13.8. The molecule has 240 valence electrons. The Labute approximate surface area is 271 Å². The minimum Gasteiger partial charge on any atom is -0.480 e. The summed E-state index contributed by atoms with van der Waals surface area (Å²) in [4.78, 5) is 50.3. The van der Waals surface area contributed by atoms with Crippen molar-refractivity contribution in [3.05, 3.63) is 71.8 Å². The molecule has 0 aliphatic rings. The summed E-state index contributed by atoms with van der Waals surface area (Å²) in [5, 5.41) is 23.1. The molecule has 1 aromatic heterocycles. The molecule has 14 heteroatoms. The number of thioether (sulfide) groups is 2. The summed E-state index contributed by atoms with van der Waals surface area (Å²) in [5.74, 6) is -3.78. The van der Waals surface area contributed by atoms with Crippen LogP contribution in [0, 0.1) is 11.8 Å². The van der Waals surface area contributed by atoms with Gasteiger partial charge in [0, 0.05) is 23.1 Å². The van der Waals surface area contributed by atoms with Crippen molar-refractivity contribution < 1.29 is 43.4 Å². The van der Waals surface area contributed by atoms with Gasteiger partial charge in [0.15, 0.2) is 0 Å². The summed E-state index contributed by atoms with van der Waals surface area (Å²) in [6.45, 7) is 3.71. The molecular formula is C31H38N3O8PS2+2. The largest absolute Gasteiger partial charge is 0.480 e. The maximum Gasteiger partial charge on any atom is 0.361 e. The summed E-state index contributed by atoms with van der Waals surface area (Å²) in [7, 11) is -0.0272. The van der Waals surface area contributed by atoms with Crippen molar-refractivity contribution in [2.75, 3.05) is 30.3 Å². The van der Waals surface area contributed by atoms with Gasteiger partial charge in [0.25, 0.3) is 10.4 Å². The number of hydrogen-bond donors (Lipinski definition) is 4. The molecule has 0 aliphatic heterocycles. The Hall–Kier alpha value is -3.51. The normalized spacial score (nSPS) is 14.0. The zero-order chi connectivity index (χ0) is 33.1. The number of hydrogen-bond acceptors (Lipinski definition) is 9. The van der Waals surface area contributed by atoms with E-state index in [0.29, 0.717) is 21.9 Å². The molecule has 2 amide bonds. The van der Waals surface area contributed by atoms with Crippen LogP contribution < -0.4 is 15.4 Å². The fourth-order valence-corrected chi connectivity index (χ4v) is 6.92. The maximum absolute atomic E-state index is 13.4. The second-order valence-electron chi connectivity index (χ2n) is 10.8. The lowest BCUT2D eigenvalue weighted by molar-refractivity contribution is -0.653. The molecular weight excluding hydrogens is 637 g/mol. The van der Waals surface area contributed by atoms with E-state index in [1.54, 1.807) is 22.9 Å². The number of rotatable bonds is 16. The van der Waals surface area contributed by atoms with Crippen LogP contribution in [0.2, 0.25) is 0 Å². The van der Waals surface area contributed by atoms with E-state index in [-0.39, 0.29) is 30.1 Å². The van der Waals surface area contributed by atoms with Crippen molar-refractivity contribution in [3.63, 3.8) is 0 Å². The number of nitrogens with zero attached hydrogens (tertiary/aromatic N) is 1. The lowest BCUT2D eigenvalue weighted by Crippen LogP contribution is -2.52. The predicted octanol–water partition coefficient (Wildman–Crippen LogP) is 4.09. The molecule has 0 aliphatic carbocycles. The number of methoxy groups -OCH3 is 1. The number of carboxylic acids is 1. The average Bonchev–Trinajstić information content (AvgIpc) is 3.04. The number of nitrogens with one attached hydrogen (secondary N) is 2. The number of aliphatic carboxylic acids is 1. The first-order chi connectivity index (χ1) is 21.4. The molecule has 0 radical (unpaired) electrons. The Balaban J connectivity index is 1.92. The monoisotopic (exact) mass is 675 g/mol. The van der Waals surface area contributed by atoms with Gasteiger partial charge in [-0.2, -0.15) is 11.8 Å². The zero-order valence-electron chi connectivity index (χ0n) is 25.4. The molecule has 1 heterocycles. The number of aliphatic hydroxyl groups is 1. The smallest absolute Gasteiger partial charge is 0.361 e. The number of carbonyl (C=O) groups excluding carboxylic acids is 3. The standard InChI is InChI=1S/C31H36N3O8PS2/c1-19(2)17-23(28(36)32-24(29(37)38)15-16-44-4)31(40,43-41)18-45-26-14-13-20-7-5-6-8-25(20)34(26)33-27(35)21-9-11-22(12-10-21)30(39)42-3/h5-14,19,23-24,40H,15-18H2,1-4H3,(H2-,32,33,35,36,37,38)/p+2/t23?,24-,31?/m0/s1. The van der Waals surface area contributed by atoms with Gasteiger partial charge in [0.1, 0.15) is 12.0 Å². The topological polar surface area (TPSA) is 163 Å².